The summed E-state index contributed by atoms with van der Waals surface area (Å²) in [7, 11) is 0. The summed E-state index contributed by atoms with van der Waals surface area (Å²) in [5, 5.41) is 32.3. The molecule has 1 rings (SSSR count). The number of phenolic OH excluding ortho intramolecular Hbond substituents is 1. The summed E-state index contributed by atoms with van der Waals surface area (Å²) in [5.41, 5.74) is 8.84. The van der Waals surface area contributed by atoms with Gasteiger partial charge in [0, 0.05) is 31.3 Å². The van der Waals surface area contributed by atoms with Crippen LogP contribution in [0.1, 0.15) is 39.2 Å². The van der Waals surface area contributed by atoms with Crippen LogP contribution >= 0.6 is 0 Å². The van der Waals surface area contributed by atoms with Crippen LogP contribution in [0.4, 0.5) is 0 Å². The van der Waals surface area contributed by atoms with Gasteiger partial charge in [0.15, 0.2) is 0 Å². The molecule has 43 heavy (non-hydrogen) atoms. The van der Waals surface area contributed by atoms with E-state index in [1.165, 1.54) is 19.1 Å². The lowest BCUT2D eigenvalue weighted by molar-refractivity contribution is -0.141. The van der Waals surface area contributed by atoms with Crippen LogP contribution in [0.5, 0.6) is 5.75 Å². The fraction of sp³-hybridized carbons (Fsp3) is 0.593. The molecule has 0 unspecified atom stereocenters. The van der Waals surface area contributed by atoms with E-state index in [4.69, 9.17) is 15.0 Å². The number of carboxylic acids is 1. The number of nitrogens with one attached hydrogen (secondary N) is 4. The standard InChI is InChI=1S/C27H41N7O9/c1-17(2)14-21(32-27(41)22(31-18(3)35)15-19-4-6-20(36)7-5-19)26(40)33-23(16-24(37)38)25(39)29-8-10-42-12-13-43-11-9-30-34-28/h4-7,17,21-23,36H,8-16H2,1-3H3,(H,29,39)(H,31,35)(H,32,41)(H,33,40)(H,37,38)/t21-,22-,23-/m0/s1. The monoisotopic (exact) mass is 607 g/mol. The van der Waals surface area contributed by atoms with Crippen molar-refractivity contribution in [1.82, 2.24) is 21.3 Å². The van der Waals surface area contributed by atoms with Crippen molar-refractivity contribution >= 4 is 29.6 Å². The second-order valence-corrected chi connectivity index (χ2v) is 9.94. The number of benzene rings is 1. The molecule has 238 valence electrons. The molecule has 0 saturated carbocycles. The van der Waals surface area contributed by atoms with Crippen LogP contribution in [0.2, 0.25) is 0 Å². The zero-order valence-corrected chi connectivity index (χ0v) is 24.6. The van der Waals surface area contributed by atoms with Crippen molar-refractivity contribution in [3.05, 3.63) is 40.3 Å². The molecule has 0 aromatic heterocycles. The van der Waals surface area contributed by atoms with Gasteiger partial charge in [0.1, 0.15) is 23.9 Å². The highest BCUT2D eigenvalue weighted by Crippen LogP contribution is 2.12. The molecule has 0 heterocycles. The van der Waals surface area contributed by atoms with Gasteiger partial charge in [-0.25, -0.2) is 0 Å². The molecule has 0 aliphatic carbocycles. The Labute approximate surface area is 249 Å². The van der Waals surface area contributed by atoms with Crippen molar-refractivity contribution in [2.45, 2.75) is 58.2 Å². The van der Waals surface area contributed by atoms with Gasteiger partial charge in [-0.05, 0) is 35.6 Å². The first-order valence-electron chi connectivity index (χ1n) is 13.7. The summed E-state index contributed by atoms with van der Waals surface area (Å²) >= 11 is 0. The summed E-state index contributed by atoms with van der Waals surface area (Å²) in [5.74, 6) is -3.98. The number of aliphatic carboxylic acids is 1. The van der Waals surface area contributed by atoms with E-state index in [9.17, 15) is 34.2 Å². The lowest BCUT2D eigenvalue weighted by atomic mass is 10.0. The second kappa shape index (κ2) is 20.5. The Kier molecular flexibility index (Phi) is 17.4. The molecule has 6 N–H and O–H groups in total. The predicted octanol–water partition coefficient (Wildman–Crippen LogP) is 0.390. The van der Waals surface area contributed by atoms with Crippen LogP contribution in [0.25, 0.3) is 10.4 Å². The smallest absolute Gasteiger partial charge is 0.305 e. The number of phenols is 1. The number of ether oxygens (including phenoxy) is 2. The fourth-order valence-electron chi connectivity index (χ4n) is 3.80. The van der Waals surface area contributed by atoms with Crippen LogP contribution in [-0.2, 0) is 39.9 Å². The lowest BCUT2D eigenvalue weighted by Gasteiger charge is -2.26. The number of rotatable bonds is 21. The quantitative estimate of drug-likeness (QED) is 0.0489. The lowest BCUT2D eigenvalue weighted by Crippen LogP contribution is -2.57. The third-order valence-electron chi connectivity index (χ3n) is 5.74. The molecule has 1 aromatic carbocycles. The van der Waals surface area contributed by atoms with E-state index in [0.717, 1.165) is 0 Å². The number of amides is 4. The second-order valence-electron chi connectivity index (χ2n) is 9.94. The van der Waals surface area contributed by atoms with E-state index >= 15 is 0 Å². The zero-order valence-electron chi connectivity index (χ0n) is 24.6. The van der Waals surface area contributed by atoms with Gasteiger partial charge in [0.05, 0.1) is 32.8 Å². The average molecular weight is 608 g/mol. The maximum Gasteiger partial charge on any atom is 0.305 e. The van der Waals surface area contributed by atoms with Crippen LogP contribution in [-0.4, -0.2) is 97.5 Å². The van der Waals surface area contributed by atoms with Crippen molar-refractivity contribution in [1.29, 1.82) is 0 Å². The first kappa shape index (κ1) is 36.6. The molecule has 0 fully saturated rings. The first-order valence-corrected chi connectivity index (χ1v) is 13.7. The van der Waals surface area contributed by atoms with Crippen molar-refractivity contribution in [3.63, 3.8) is 0 Å². The van der Waals surface area contributed by atoms with Crippen LogP contribution in [0.3, 0.4) is 0 Å². The van der Waals surface area contributed by atoms with E-state index < -0.39 is 54.1 Å². The van der Waals surface area contributed by atoms with Crippen LogP contribution in [0, 0.1) is 5.92 Å². The van der Waals surface area contributed by atoms with Gasteiger partial charge in [0.25, 0.3) is 0 Å². The Morgan fingerprint density at radius 2 is 1.49 bits per heavy atom. The number of carboxylic acid groups (broad SMARTS) is 1. The van der Waals surface area contributed by atoms with Crippen molar-refractivity contribution in [2.24, 2.45) is 11.0 Å². The number of carbonyl (C=O) groups excluding carboxylic acids is 4. The summed E-state index contributed by atoms with van der Waals surface area (Å²) in [4.78, 5) is 64.9. The molecular formula is C27H41N7O9. The van der Waals surface area contributed by atoms with Crippen LogP contribution < -0.4 is 21.3 Å². The molecular weight excluding hydrogens is 566 g/mol. The fourth-order valence-corrected chi connectivity index (χ4v) is 3.80. The summed E-state index contributed by atoms with van der Waals surface area (Å²) in [6.45, 7) is 5.91. The van der Waals surface area contributed by atoms with Gasteiger partial charge >= 0.3 is 5.97 Å². The summed E-state index contributed by atoms with van der Waals surface area (Å²) in [6, 6.07) is 2.48. The van der Waals surface area contributed by atoms with Gasteiger partial charge in [-0.1, -0.05) is 31.1 Å². The van der Waals surface area contributed by atoms with E-state index in [1.54, 1.807) is 12.1 Å². The molecule has 0 aliphatic heterocycles. The molecule has 1 aromatic rings. The molecule has 0 spiro atoms. The SMILES string of the molecule is CC(=O)N[C@@H](Cc1ccc(O)cc1)C(=O)N[C@@H](CC(C)C)C(=O)N[C@@H](CC(=O)O)C(=O)NCCOCCOCCN=[N+]=[N-]. The molecule has 0 radical (unpaired) electrons. The average Bonchev–Trinajstić information content (AvgIpc) is 2.93. The normalized spacial score (nSPS) is 12.7. The number of hydrogen-bond acceptors (Lipinski definition) is 9. The molecule has 3 atom stereocenters. The maximum absolute atomic E-state index is 13.2. The highest BCUT2D eigenvalue weighted by atomic mass is 16.5. The highest BCUT2D eigenvalue weighted by molar-refractivity contribution is 5.95. The van der Waals surface area contributed by atoms with Gasteiger partial charge in [-0.3, -0.25) is 24.0 Å². The molecule has 4 amide bonds. The predicted molar refractivity (Wildman–Crippen MR) is 154 cm³/mol. The minimum Gasteiger partial charge on any atom is -0.508 e. The largest absolute Gasteiger partial charge is 0.508 e. The molecule has 0 aliphatic rings. The Bertz CT molecular complexity index is 1110. The molecule has 16 nitrogen and oxygen atoms in total. The number of nitrogens with zero attached hydrogens (tertiary/aromatic N) is 3. The zero-order chi connectivity index (χ0) is 32.2. The third kappa shape index (κ3) is 16.6. The van der Waals surface area contributed by atoms with Crippen molar-refractivity contribution in [3.8, 4) is 5.75 Å². The summed E-state index contributed by atoms with van der Waals surface area (Å²) in [6.07, 6.45) is -0.450. The van der Waals surface area contributed by atoms with E-state index in [-0.39, 0.29) is 64.0 Å². The Hall–Kier alpha value is -4.40. The summed E-state index contributed by atoms with van der Waals surface area (Å²) < 4.78 is 10.5. The van der Waals surface area contributed by atoms with Gasteiger partial charge in [-0.15, -0.1) is 0 Å². The van der Waals surface area contributed by atoms with Crippen molar-refractivity contribution in [2.75, 3.05) is 39.5 Å². The van der Waals surface area contributed by atoms with Gasteiger partial charge in [-0.2, -0.15) is 0 Å². The third-order valence-corrected chi connectivity index (χ3v) is 5.74. The first-order chi connectivity index (χ1) is 20.4. The van der Waals surface area contributed by atoms with E-state index in [0.29, 0.717) is 5.56 Å². The number of azide groups is 1. The van der Waals surface area contributed by atoms with Gasteiger partial charge < -0.3 is 41.0 Å². The van der Waals surface area contributed by atoms with Crippen molar-refractivity contribution < 1.29 is 43.7 Å². The molecule has 0 bridgehead atoms. The van der Waals surface area contributed by atoms with E-state index in [2.05, 4.69) is 31.3 Å². The maximum atomic E-state index is 13.2. The topological polar surface area (TPSA) is 241 Å². The Morgan fingerprint density at radius 3 is 2.07 bits per heavy atom. The Morgan fingerprint density at radius 1 is 0.884 bits per heavy atom. The molecule has 0 saturated heterocycles. The van der Waals surface area contributed by atoms with Crippen LogP contribution in [0.15, 0.2) is 29.4 Å². The van der Waals surface area contributed by atoms with E-state index in [1.807, 2.05) is 13.8 Å². The Balaban J connectivity index is 2.80. The minimum absolute atomic E-state index is 0.0331. The molecule has 16 heteroatoms. The number of carbonyl (C=O) groups is 5. The number of aromatic hydroxyl groups is 1. The van der Waals surface area contributed by atoms with Gasteiger partial charge in [0.2, 0.25) is 23.6 Å². The number of hydrogen-bond donors (Lipinski definition) is 6. The minimum atomic E-state index is -1.43. The highest BCUT2D eigenvalue weighted by Gasteiger charge is 2.31.